The van der Waals surface area contributed by atoms with Crippen LogP contribution in [-0.2, 0) is 6.42 Å². The number of anilines is 1. The van der Waals surface area contributed by atoms with Gasteiger partial charge in [-0.2, -0.15) is 0 Å². The van der Waals surface area contributed by atoms with E-state index in [9.17, 15) is 0 Å². The lowest BCUT2D eigenvalue weighted by Crippen LogP contribution is -2.01. The van der Waals surface area contributed by atoms with Crippen molar-refractivity contribution >= 4 is 16.3 Å². The molecule has 1 unspecified atom stereocenters. The molecule has 1 aliphatic carbocycles. The van der Waals surface area contributed by atoms with Crippen LogP contribution in [0, 0.1) is 0 Å². The van der Waals surface area contributed by atoms with E-state index in [0.717, 1.165) is 17.1 Å². The van der Waals surface area contributed by atoms with Crippen LogP contribution in [0.1, 0.15) is 47.9 Å². The summed E-state index contributed by atoms with van der Waals surface area (Å²) < 4.78 is 0. The van der Waals surface area contributed by atoms with Gasteiger partial charge in [-0.1, -0.05) is 37.3 Å². The minimum atomic E-state index is 0.475. The molecule has 1 aromatic carbocycles. The zero-order valence-electron chi connectivity index (χ0n) is 10.6. The number of hydrogen-bond acceptors (Lipinski definition) is 3. The first kappa shape index (κ1) is 11.7. The number of aromatic nitrogens is 1. The van der Waals surface area contributed by atoms with Gasteiger partial charge in [-0.05, 0) is 30.7 Å². The van der Waals surface area contributed by atoms with Gasteiger partial charge in [0.1, 0.15) is 5.00 Å². The fraction of sp³-hybridized carbons (Fsp3) is 0.400. The van der Waals surface area contributed by atoms with Gasteiger partial charge in [-0.25, -0.2) is 4.98 Å². The van der Waals surface area contributed by atoms with Crippen LogP contribution in [0.3, 0.4) is 0 Å². The van der Waals surface area contributed by atoms with E-state index < -0.39 is 0 Å². The molecular weight excluding hydrogens is 240 g/mol. The Kier molecular flexibility index (Phi) is 3.08. The van der Waals surface area contributed by atoms with Gasteiger partial charge in [0, 0.05) is 5.92 Å². The minimum Gasteiger partial charge on any atom is -0.389 e. The highest BCUT2D eigenvalue weighted by atomic mass is 32.1. The number of hydrogen-bond donors (Lipinski definition) is 1. The quantitative estimate of drug-likeness (QED) is 0.902. The molecule has 1 saturated carbocycles. The van der Waals surface area contributed by atoms with Crippen molar-refractivity contribution in [2.24, 2.45) is 0 Å². The maximum absolute atomic E-state index is 6.09. The van der Waals surface area contributed by atoms with Gasteiger partial charge in [-0.15, -0.1) is 11.3 Å². The topological polar surface area (TPSA) is 38.9 Å². The number of nitrogens with zero attached hydrogens (tertiary/aromatic N) is 1. The Morgan fingerprint density at radius 3 is 2.72 bits per heavy atom. The molecule has 3 rings (SSSR count). The lowest BCUT2D eigenvalue weighted by Gasteiger charge is -2.10. The Hall–Kier alpha value is -1.35. The summed E-state index contributed by atoms with van der Waals surface area (Å²) in [6.45, 7) is 2.24. The highest BCUT2D eigenvalue weighted by Gasteiger charge is 2.28. The Morgan fingerprint density at radius 2 is 2.06 bits per heavy atom. The molecule has 1 aliphatic rings. The Balaban J connectivity index is 1.75. The van der Waals surface area contributed by atoms with Crippen molar-refractivity contribution in [1.82, 2.24) is 4.98 Å². The average Bonchev–Trinajstić information content (AvgIpc) is 3.17. The Morgan fingerprint density at radius 1 is 1.33 bits per heavy atom. The predicted octanol–water partition coefficient (Wildman–Crippen LogP) is 3.95. The van der Waals surface area contributed by atoms with Crippen molar-refractivity contribution in [3.63, 3.8) is 0 Å². The summed E-state index contributed by atoms with van der Waals surface area (Å²) in [5.41, 5.74) is 8.54. The van der Waals surface area contributed by atoms with Crippen LogP contribution in [0.5, 0.6) is 0 Å². The molecule has 0 spiro atoms. The standard InChI is InChI=1S/C15H18N2S/c1-10(11-5-3-2-4-6-11)9-13-14(16)18-15(17-13)12-7-8-12/h2-6,10,12H,7-9,16H2,1H3. The first-order valence-electron chi connectivity index (χ1n) is 6.54. The number of benzene rings is 1. The maximum Gasteiger partial charge on any atom is 0.109 e. The van der Waals surface area contributed by atoms with Gasteiger partial charge in [0.05, 0.1) is 10.7 Å². The second-order valence-electron chi connectivity index (χ2n) is 5.15. The van der Waals surface area contributed by atoms with Crippen LogP contribution in [0.15, 0.2) is 30.3 Å². The van der Waals surface area contributed by atoms with Crippen LogP contribution >= 0.6 is 11.3 Å². The van der Waals surface area contributed by atoms with Crippen LogP contribution in [0.4, 0.5) is 5.00 Å². The number of thiazole rings is 1. The molecule has 0 radical (unpaired) electrons. The van der Waals surface area contributed by atoms with Crippen molar-refractivity contribution in [3.05, 3.63) is 46.6 Å². The third kappa shape index (κ3) is 2.41. The van der Waals surface area contributed by atoms with Crippen LogP contribution in [0.2, 0.25) is 0 Å². The van der Waals surface area contributed by atoms with Crippen molar-refractivity contribution in [3.8, 4) is 0 Å². The molecular formula is C15H18N2S. The molecule has 0 amide bonds. The van der Waals surface area contributed by atoms with Crippen LogP contribution < -0.4 is 5.73 Å². The third-order valence-corrected chi connectivity index (χ3v) is 4.63. The molecule has 1 atom stereocenters. The van der Waals surface area contributed by atoms with Crippen molar-refractivity contribution in [1.29, 1.82) is 0 Å². The SMILES string of the molecule is CC(Cc1nc(C2CC2)sc1N)c1ccccc1. The van der Waals surface area contributed by atoms with Gasteiger partial charge in [0.25, 0.3) is 0 Å². The molecule has 2 N–H and O–H groups in total. The second kappa shape index (κ2) is 4.73. The lowest BCUT2D eigenvalue weighted by atomic mass is 9.96. The molecule has 2 aromatic rings. The third-order valence-electron chi connectivity index (χ3n) is 3.54. The highest BCUT2D eigenvalue weighted by molar-refractivity contribution is 7.15. The number of nitrogen functional groups attached to an aromatic ring is 1. The van der Waals surface area contributed by atoms with Crippen LogP contribution in [-0.4, -0.2) is 4.98 Å². The summed E-state index contributed by atoms with van der Waals surface area (Å²) in [6, 6.07) is 10.6. The molecule has 18 heavy (non-hydrogen) atoms. The van der Waals surface area contributed by atoms with Crippen molar-refractivity contribution in [2.75, 3.05) is 5.73 Å². The van der Waals surface area contributed by atoms with Gasteiger partial charge in [-0.3, -0.25) is 0 Å². The van der Waals surface area contributed by atoms with E-state index >= 15 is 0 Å². The first-order valence-corrected chi connectivity index (χ1v) is 7.35. The molecule has 2 nitrogen and oxygen atoms in total. The summed E-state index contributed by atoms with van der Waals surface area (Å²) >= 11 is 1.69. The fourth-order valence-corrected chi connectivity index (χ4v) is 3.25. The second-order valence-corrected chi connectivity index (χ2v) is 6.22. The lowest BCUT2D eigenvalue weighted by molar-refractivity contribution is 0.743. The van der Waals surface area contributed by atoms with Gasteiger partial charge >= 0.3 is 0 Å². The monoisotopic (exact) mass is 258 g/mol. The molecule has 0 aliphatic heterocycles. The Labute approximate surface area is 112 Å². The smallest absolute Gasteiger partial charge is 0.109 e. The van der Waals surface area contributed by atoms with Crippen LogP contribution in [0.25, 0.3) is 0 Å². The maximum atomic E-state index is 6.09. The summed E-state index contributed by atoms with van der Waals surface area (Å²) in [5, 5.41) is 2.17. The van der Waals surface area contributed by atoms with Gasteiger partial charge in [0.15, 0.2) is 0 Å². The molecule has 1 heterocycles. The zero-order valence-corrected chi connectivity index (χ0v) is 11.4. The first-order chi connectivity index (χ1) is 8.74. The zero-order chi connectivity index (χ0) is 12.5. The predicted molar refractivity (Wildman–Crippen MR) is 77.1 cm³/mol. The summed E-state index contributed by atoms with van der Waals surface area (Å²) in [6.07, 6.45) is 3.53. The van der Waals surface area contributed by atoms with Crippen molar-refractivity contribution in [2.45, 2.75) is 38.0 Å². The molecule has 1 aromatic heterocycles. The molecule has 94 valence electrons. The van der Waals surface area contributed by atoms with Gasteiger partial charge < -0.3 is 5.73 Å². The molecule has 3 heteroatoms. The normalized spacial score (nSPS) is 16.7. The van der Waals surface area contributed by atoms with E-state index in [-0.39, 0.29) is 0 Å². The van der Waals surface area contributed by atoms with E-state index in [0.29, 0.717) is 11.8 Å². The number of rotatable bonds is 4. The summed E-state index contributed by atoms with van der Waals surface area (Å²) in [4.78, 5) is 4.73. The van der Waals surface area contributed by atoms with Gasteiger partial charge in [0.2, 0.25) is 0 Å². The minimum absolute atomic E-state index is 0.475. The molecule has 0 saturated heterocycles. The largest absolute Gasteiger partial charge is 0.389 e. The fourth-order valence-electron chi connectivity index (χ4n) is 2.22. The molecule has 1 fully saturated rings. The van der Waals surface area contributed by atoms with Crippen molar-refractivity contribution < 1.29 is 0 Å². The number of nitrogens with two attached hydrogens (primary N) is 1. The highest BCUT2D eigenvalue weighted by Crippen LogP contribution is 2.43. The average molecular weight is 258 g/mol. The van der Waals surface area contributed by atoms with E-state index in [2.05, 4.69) is 37.3 Å². The van der Waals surface area contributed by atoms with E-state index in [1.165, 1.54) is 23.4 Å². The molecule has 0 bridgehead atoms. The summed E-state index contributed by atoms with van der Waals surface area (Å²) in [7, 11) is 0. The van der Waals surface area contributed by atoms with E-state index in [4.69, 9.17) is 10.7 Å². The summed E-state index contributed by atoms with van der Waals surface area (Å²) in [5.74, 6) is 1.18. The van der Waals surface area contributed by atoms with E-state index in [1.54, 1.807) is 11.3 Å². The Bertz CT molecular complexity index is 529. The van der Waals surface area contributed by atoms with E-state index in [1.807, 2.05) is 0 Å².